The van der Waals surface area contributed by atoms with Gasteiger partial charge in [0.05, 0.1) is 6.54 Å². The second-order valence-corrected chi connectivity index (χ2v) is 5.41. The largest absolute Gasteiger partial charge is 0.381 e. The molecule has 2 heterocycles. The molecule has 0 bridgehead atoms. The normalized spacial score (nSPS) is 19.8. The second kappa shape index (κ2) is 5.70. The zero-order chi connectivity index (χ0) is 11.3. The van der Waals surface area contributed by atoms with Crippen molar-refractivity contribution in [2.75, 3.05) is 26.0 Å². The van der Waals surface area contributed by atoms with Crippen LogP contribution in [0, 0.1) is 0 Å². The minimum atomic E-state index is 0.352. The number of nitrogens with zero attached hydrogens (tertiary/aromatic N) is 1. The first-order valence-electron chi connectivity index (χ1n) is 5.66. The first-order valence-corrected chi connectivity index (χ1v) is 6.89. The Labute approximate surface area is 101 Å². The van der Waals surface area contributed by atoms with Gasteiger partial charge in [-0.25, -0.2) is 4.98 Å². The Hall–Kier alpha value is -0.520. The van der Waals surface area contributed by atoms with E-state index in [0.717, 1.165) is 45.0 Å². The van der Waals surface area contributed by atoms with Crippen molar-refractivity contribution < 1.29 is 4.74 Å². The average Bonchev–Trinajstić information content (AvgIpc) is 2.83. The Balaban J connectivity index is 1.78. The molecule has 0 radical (unpaired) electrons. The molecule has 1 aromatic rings. The van der Waals surface area contributed by atoms with Gasteiger partial charge in [-0.15, -0.1) is 0 Å². The smallest absolute Gasteiger partial charge is 0.120 e. The van der Waals surface area contributed by atoms with Crippen molar-refractivity contribution in [3.63, 3.8) is 0 Å². The molecule has 1 aromatic heterocycles. The van der Waals surface area contributed by atoms with Crippen LogP contribution in [0.5, 0.6) is 0 Å². The summed E-state index contributed by atoms with van der Waals surface area (Å²) in [4.78, 5) is 7.30. The number of hydrogen-bond donors (Lipinski definition) is 2. The number of thioether (sulfide) groups is 1. The highest BCUT2D eigenvalue weighted by atomic mass is 32.2. The number of aromatic amines is 1. The molecule has 16 heavy (non-hydrogen) atoms. The van der Waals surface area contributed by atoms with Crippen LogP contribution in [0.3, 0.4) is 0 Å². The van der Waals surface area contributed by atoms with Crippen molar-refractivity contribution in [2.24, 2.45) is 0 Å². The third-order valence-corrected chi connectivity index (χ3v) is 4.55. The van der Waals surface area contributed by atoms with E-state index >= 15 is 0 Å². The maximum Gasteiger partial charge on any atom is 0.120 e. The standard InChI is InChI=1S/C11H19N3OS/c1-16-11(2-6-15-7-3-11)9-12-8-10-13-4-5-14-10/h4-5,12H,2-3,6-9H2,1H3,(H,13,14). The summed E-state index contributed by atoms with van der Waals surface area (Å²) in [5.74, 6) is 1.00. The van der Waals surface area contributed by atoms with Gasteiger partial charge < -0.3 is 15.0 Å². The molecule has 0 aromatic carbocycles. The molecule has 2 rings (SSSR count). The fourth-order valence-electron chi connectivity index (χ4n) is 2.00. The van der Waals surface area contributed by atoms with Crippen LogP contribution in [-0.4, -0.2) is 40.7 Å². The van der Waals surface area contributed by atoms with Crippen molar-refractivity contribution in [1.82, 2.24) is 15.3 Å². The van der Waals surface area contributed by atoms with Gasteiger partial charge in [0.2, 0.25) is 0 Å². The third-order valence-electron chi connectivity index (χ3n) is 3.13. The Bertz CT molecular complexity index is 296. The molecule has 1 saturated heterocycles. The molecule has 1 aliphatic heterocycles. The molecule has 4 nitrogen and oxygen atoms in total. The second-order valence-electron chi connectivity index (χ2n) is 4.14. The summed E-state index contributed by atoms with van der Waals surface area (Å²) in [6.07, 6.45) is 8.12. The van der Waals surface area contributed by atoms with Gasteiger partial charge in [-0.1, -0.05) is 0 Å². The molecule has 0 aliphatic carbocycles. The van der Waals surface area contributed by atoms with E-state index in [2.05, 4.69) is 21.5 Å². The first-order chi connectivity index (χ1) is 7.85. The van der Waals surface area contributed by atoms with Crippen molar-refractivity contribution in [2.45, 2.75) is 24.1 Å². The van der Waals surface area contributed by atoms with Crippen LogP contribution in [-0.2, 0) is 11.3 Å². The number of hydrogen-bond acceptors (Lipinski definition) is 4. The highest BCUT2D eigenvalue weighted by molar-refractivity contribution is 8.00. The molecule has 0 atom stereocenters. The van der Waals surface area contributed by atoms with E-state index < -0.39 is 0 Å². The molecule has 5 heteroatoms. The van der Waals surface area contributed by atoms with Crippen LogP contribution in [0.15, 0.2) is 12.4 Å². The summed E-state index contributed by atoms with van der Waals surface area (Å²) >= 11 is 1.96. The number of aromatic nitrogens is 2. The fraction of sp³-hybridized carbons (Fsp3) is 0.727. The van der Waals surface area contributed by atoms with Gasteiger partial charge in [0.1, 0.15) is 5.82 Å². The lowest BCUT2D eigenvalue weighted by Crippen LogP contribution is -2.42. The molecule has 90 valence electrons. The molecule has 0 amide bonds. The number of nitrogens with one attached hydrogen (secondary N) is 2. The summed E-state index contributed by atoms with van der Waals surface area (Å²) in [6, 6.07) is 0. The van der Waals surface area contributed by atoms with Crippen molar-refractivity contribution in [3.8, 4) is 0 Å². The Morgan fingerprint density at radius 2 is 2.38 bits per heavy atom. The minimum absolute atomic E-state index is 0.352. The van der Waals surface area contributed by atoms with Crippen molar-refractivity contribution in [1.29, 1.82) is 0 Å². The molecule has 0 saturated carbocycles. The van der Waals surface area contributed by atoms with Crippen LogP contribution in [0.2, 0.25) is 0 Å². The summed E-state index contributed by atoms with van der Waals surface area (Å²) in [6.45, 7) is 3.63. The summed E-state index contributed by atoms with van der Waals surface area (Å²) in [5.41, 5.74) is 0. The monoisotopic (exact) mass is 241 g/mol. The van der Waals surface area contributed by atoms with Crippen LogP contribution in [0.1, 0.15) is 18.7 Å². The predicted octanol–water partition coefficient (Wildman–Crippen LogP) is 1.41. The lowest BCUT2D eigenvalue weighted by Gasteiger charge is -2.35. The topological polar surface area (TPSA) is 49.9 Å². The zero-order valence-corrected chi connectivity index (χ0v) is 10.5. The highest BCUT2D eigenvalue weighted by Crippen LogP contribution is 2.32. The predicted molar refractivity (Wildman–Crippen MR) is 66.6 cm³/mol. The first kappa shape index (κ1) is 12.0. The molecule has 2 N–H and O–H groups in total. The number of H-pyrrole nitrogens is 1. The van der Waals surface area contributed by atoms with E-state index in [-0.39, 0.29) is 0 Å². The van der Waals surface area contributed by atoms with Gasteiger partial charge in [-0.2, -0.15) is 11.8 Å². The Morgan fingerprint density at radius 1 is 1.56 bits per heavy atom. The molecule has 0 unspecified atom stereocenters. The molecule has 1 aliphatic rings. The van der Waals surface area contributed by atoms with Gasteiger partial charge >= 0.3 is 0 Å². The third kappa shape index (κ3) is 2.99. The lowest BCUT2D eigenvalue weighted by molar-refractivity contribution is 0.0771. The molecular weight excluding hydrogens is 222 g/mol. The minimum Gasteiger partial charge on any atom is -0.381 e. The van der Waals surface area contributed by atoms with Gasteiger partial charge in [0.25, 0.3) is 0 Å². The van der Waals surface area contributed by atoms with E-state index in [0.29, 0.717) is 4.75 Å². The SMILES string of the molecule is CSC1(CNCc2ncc[nH]2)CCOCC1. The van der Waals surface area contributed by atoms with Gasteiger partial charge in [-0.05, 0) is 19.1 Å². The average molecular weight is 241 g/mol. The maximum atomic E-state index is 5.42. The quantitative estimate of drug-likeness (QED) is 0.818. The fourth-order valence-corrected chi connectivity index (χ4v) is 2.82. The van der Waals surface area contributed by atoms with Crippen LogP contribution < -0.4 is 5.32 Å². The number of imidazole rings is 1. The summed E-state index contributed by atoms with van der Waals surface area (Å²) in [7, 11) is 0. The number of ether oxygens (including phenoxy) is 1. The highest BCUT2D eigenvalue weighted by Gasteiger charge is 2.31. The van der Waals surface area contributed by atoms with Crippen LogP contribution >= 0.6 is 11.8 Å². The number of rotatable bonds is 5. The van der Waals surface area contributed by atoms with Gasteiger partial charge in [0, 0.05) is 36.9 Å². The van der Waals surface area contributed by atoms with Crippen molar-refractivity contribution >= 4 is 11.8 Å². The van der Waals surface area contributed by atoms with Crippen LogP contribution in [0.4, 0.5) is 0 Å². The lowest BCUT2D eigenvalue weighted by atomic mass is 9.99. The summed E-state index contributed by atoms with van der Waals surface area (Å²) < 4.78 is 5.77. The van der Waals surface area contributed by atoms with Gasteiger partial charge in [0.15, 0.2) is 0 Å². The molecule has 0 spiro atoms. The molecule has 1 fully saturated rings. The van der Waals surface area contributed by atoms with Gasteiger partial charge in [-0.3, -0.25) is 0 Å². The van der Waals surface area contributed by atoms with E-state index in [1.54, 1.807) is 6.20 Å². The van der Waals surface area contributed by atoms with E-state index in [1.165, 1.54) is 0 Å². The Morgan fingerprint density at radius 3 is 3.00 bits per heavy atom. The van der Waals surface area contributed by atoms with Crippen LogP contribution in [0.25, 0.3) is 0 Å². The zero-order valence-electron chi connectivity index (χ0n) is 9.66. The molecular formula is C11H19N3OS. The summed E-state index contributed by atoms with van der Waals surface area (Å²) in [5, 5.41) is 3.48. The van der Waals surface area contributed by atoms with E-state index in [9.17, 15) is 0 Å². The van der Waals surface area contributed by atoms with E-state index in [1.807, 2.05) is 18.0 Å². The van der Waals surface area contributed by atoms with Crippen molar-refractivity contribution in [3.05, 3.63) is 18.2 Å². The van der Waals surface area contributed by atoms with E-state index in [4.69, 9.17) is 4.74 Å². The Kier molecular flexibility index (Phi) is 4.26. The maximum absolute atomic E-state index is 5.42.